The molecule has 8 nitrogen and oxygen atoms in total. The Morgan fingerprint density at radius 3 is 2.12 bits per heavy atom. The van der Waals surface area contributed by atoms with E-state index in [1.807, 2.05) is 0 Å². The molecule has 0 spiro atoms. The van der Waals surface area contributed by atoms with Crippen LogP contribution >= 0.6 is 0 Å². The molecule has 4 rings (SSSR count). The van der Waals surface area contributed by atoms with Crippen LogP contribution in [0.15, 0.2) is 29.2 Å². The van der Waals surface area contributed by atoms with Gasteiger partial charge in [0.2, 0.25) is 21.8 Å². The van der Waals surface area contributed by atoms with Gasteiger partial charge in [-0.15, -0.1) is 0 Å². The fraction of sp³-hybridized carbons (Fsp3) is 0.667. The van der Waals surface area contributed by atoms with Crippen molar-refractivity contribution in [1.82, 2.24) is 19.4 Å². The number of nitrogens with one attached hydrogen (secondary N) is 1. The smallest absolute Gasteiger partial charge is 0.243 e. The number of halogens is 1. The zero-order valence-corrected chi connectivity index (χ0v) is 20.4. The summed E-state index contributed by atoms with van der Waals surface area (Å²) >= 11 is 0. The molecule has 1 saturated carbocycles. The molecule has 3 aliphatic rings. The van der Waals surface area contributed by atoms with Crippen molar-refractivity contribution in [1.29, 1.82) is 0 Å². The summed E-state index contributed by atoms with van der Waals surface area (Å²) in [5, 5.41) is 3.22. The number of carbonyl (C=O) groups is 2. The van der Waals surface area contributed by atoms with Crippen LogP contribution in [-0.2, 0) is 19.6 Å². The predicted octanol–water partition coefficient (Wildman–Crippen LogP) is 1.82. The number of amides is 2. The average molecular weight is 495 g/mol. The van der Waals surface area contributed by atoms with E-state index in [0.29, 0.717) is 19.6 Å². The van der Waals surface area contributed by atoms with Gasteiger partial charge in [0.25, 0.3) is 0 Å². The van der Waals surface area contributed by atoms with Crippen molar-refractivity contribution in [2.24, 2.45) is 5.92 Å². The number of hydrogen-bond donors (Lipinski definition) is 1. The maximum atomic E-state index is 13.1. The van der Waals surface area contributed by atoms with Crippen LogP contribution in [0.4, 0.5) is 4.39 Å². The van der Waals surface area contributed by atoms with Crippen LogP contribution in [0.2, 0.25) is 0 Å². The van der Waals surface area contributed by atoms with Gasteiger partial charge in [-0.05, 0) is 49.9 Å². The third kappa shape index (κ3) is 6.14. The highest BCUT2D eigenvalue weighted by molar-refractivity contribution is 7.89. The minimum Gasteiger partial charge on any atom is -0.353 e. The van der Waals surface area contributed by atoms with E-state index in [2.05, 4.69) is 10.2 Å². The van der Waals surface area contributed by atoms with Gasteiger partial charge >= 0.3 is 0 Å². The number of piperazine rings is 1. The van der Waals surface area contributed by atoms with Crippen molar-refractivity contribution < 1.29 is 22.4 Å². The third-order valence-electron chi connectivity index (χ3n) is 7.31. The number of hydrogen-bond acceptors (Lipinski definition) is 5. The molecule has 3 fully saturated rings. The topological polar surface area (TPSA) is 90.0 Å². The summed E-state index contributed by atoms with van der Waals surface area (Å²) in [6.07, 6.45) is 7.20. The molecule has 10 heteroatoms. The lowest BCUT2D eigenvalue weighted by atomic mass is 9.88. The first-order valence-electron chi connectivity index (χ1n) is 12.4. The first kappa shape index (κ1) is 25.1. The molecule has 0 bridgehead atoms. The summed E-state index contributed by atoms with van der Waals surface area (Å²) in [5.41, 5.74) is 0. The van der Waals surface area contributed by atoms with Gasteiger partial charge in [0.05, 0.1) is 11.4 Å². The Kier molecular flexibility index (Phi) is 8.21. The Labute approximate surface area is 201 Å². The van der Waals surface area contributed by atoms with Gasteiger partial charge < -0.3 is 10.2 Å². The van der Waals surface area contributed by atoms with Crippen molar-refractivity contribution in [3.8, 4) is 0 Å². The Hall–Kier alpha value is -2.04. The number of sulfonamides is 1. The highest BCUT2D eigenvalue weighted by atomic mass is 32.2. The number of benzene rings is 1. The van der Waals surface area contributed by atoms with Crippen LogP contribution in [-0.4, -0.2) is 86.2 Å². The van der Waals surface area contributed by atoms with E-state index >= 15 is 0 Å². The van der Waals surface area contributed by atoms with Gasteiger partial charge in [-0.3, -0.25) is 14.5 Å². The minimum absolute atomic E-state index is 0.00326. The molecule has 2 amide bonds. The quantitative estimate of drug-likeness (QED) is 0.652. The molecule has 188 valence electrons. The van der Waals surface area contributed by atoms with Crippen LogP contribution < -0.4 is 5.32 Å². The lowest BCUT2D eigenvalue weighted by molar-refractivity contribution is -0.134. The van der Waals surface area contributed by atoms with Crippen molar-refractivity contribution in [2.45, 2.75) is 55.9 Å². The van der Waals surface area contributed by atoms with Crippen molar-refractivity contribution >= 4 is 21.8 Å². The standard InChI is InChI=1S/C24H35FN4O4S/c25-20-6-8-22(9-7-20)34(32,33)29-16-14-28(15-17-29)23(30)18-27-12-10-21(11-13-27)26-24(31)19-4-2-1-3-5-19/h6-9,19,21H,1-5,10-18H2,(H,26,31). The molecule has 0 unspecified atom stereocenters. The normalized spacial score (nSPS) is 22.0. The van der Waals surface area contributed by atoms with Gasteiger partial charge in [-0.25, -0.2) is 12.8 Å². The largest absolute Gasteiger partial charge is 0.353 e. The monoisotopic (exact) mass is 494 g/mol. The Balaban J connectivity index is 1.19. The Morgan fingerprint density at radius 1 is 0.882 bits per heavy atom. The SMILES string of the molecule is O=C(NC1CCN(CC(=O)N2CCN(S(=O)(=O)c3ccc(F)cc3)CC2)CC1)C1CCCCC1. The molecule has 1 N–H and O–H groups in total. The summed E-state index contributed by atoms with van der Waals surface area (Å²) in [4.78, 5) is 29.2. The summed E-state index contributed by atoms with van der Waals surface area (Å²) < 4.78 is 40.0. The maximum absolute atomic E-state index is 13.1. The molecule has 2 saturated heterocycles. The fourth-order valence-electron chi connectivity index (χ4n) is 5.14. The number of nitrogens with zero attached hydrogens (tertiary/aromatic N) is 3. The first-order valence-corrected chi connectivity index (χ1v) is 13.8. The van der Waals surface area contributed by atoms with Gasteiger partial charge in [-0.2, -0.15) is 4.31 Å². The number of likely N-dealkylation sites (tertiary alicyclic amines) is 1. The van der Waals surface area contributed by atoms with E-state index < -0.39 is 15.8 Å². The summed E-state index contributed by atoms with van der Waals surface area (Å²) in [7, 11) is -3.70. The van der Waals surface area contributed by atoms with Crippen LogP contribution in [0, 0.1) is 11.7 Å². The van der Waals surface area contributed by atoms with Crippen molar-refractivity contribution in [3.05, 3.63) is 30.1 Å². The summed E-state index contributed by atoms with van der Waals surface area (Å²) in [5.74, 6) is -0.116. The molecule has 0 radical (unpaired) electrons. The summed E-state index contributed by atoms with van der Waals surface area (Å²) in [6, 6.07) is 4.99. The van der Waals surface area contributed by atoms with E-state index in [0.717, 1.165) is 63.7 Å². The van der Waals surface area contributed by atoms with Gasteiger partial charge in [0, 0.05) is 51.2 Å². The van der Waals surface area contributed by atoms with Crippen molar-refractivity contribution in [3.63, 3.8) is 0 Å². The van der Waals surface area contributed by atoms with E-state index in [-0.39, 0.29) is 41.8 Å². The molecule has 1 aromatic carbocycles. The first-order chi connectivity index (χ1) is 16.3. The molecule has 2 heterocycles. The number of rotatable bonds is 6. The van der Waals surface area contributed by atoms with Gasteiger partial charge in [0.15, 0.2) is 0 Å². The molecule has 0 aromatic heterocycles. The highest BCUT2D eigenvalue weighted by Crippen LogP contribution is 2.24. The van der Waals surface area contributed by atoms with Crippen LogP contribution in [0.1, 0.15) is 44.9 Å². The van der Waals surface area contributed by atoms with Crippen LogP contribution in [0.5, 0.6) is 0 Å². The second-order valence-electron chi connectivity index (χ2n) is 9.63. The molecule has 1 aliphatic carbocycles. The molecular formula is C24H35FN4O4S. The maximum Gasteiger partial charge on any atom is 0.243 e. The van der Waals surface area contributed by atoms with Gasteiger partial charge in [-0.1, -0.05) is 19.3 Å². The molecule has 0 atom stereocenters. The second kappa shape index (κ2) is 11.1. The van der Waals surface area contributed by atoms with Crippen molar-refractivity contribution in [2.75, 3.05) is 45.8 Å². The number of carbonyl (C=O) groups excluding carboxylic acids is 2. The van der Waals surface area contributed by atoms with Crippen LogP contribution in [0.25, 0.3) is 0 Å². The van der Waals surface area contributed by atoms with E-state index in [1.54, 1.807) is 4.90 Å². The lowest BCUT2D eigenvalue weighted by Crippen LogP contribution is -2.53. The van der Waals surface area contributed by atoms with E-state index in [4.69, 9.17) is 0 Å². The van der Waals surface area contributed by atoms with E-state index in [9.17, 15) is 22.4 Å². The second-order valence-corrected chi connectivity index (χ2v) is 11.6. The molecule has 34 heavy (non-hydrogen) atoms. The van der Waals surface area contributed by atoms with Gasteiger partial charge in [0.1, 0.15) is 5.82 Å². The molecule has 1 aromatic rings. The highest BCUT2D eigenvalue weighted by Gasteiger charge is 2.31. The Bertz CT molecular complexity index is 950. The fourth-order valence-corrected chi connectivity index (χ4v) is 6.57. The predicted molar refractivity (Wildman–Crippen MR) is 126 cm³/mol. The van der Waals surface area contributed by atoms with Crippen LogP contribution in [0.3, 0.4) is 0 Å². The summed E-state index contributed by atoms with van der Waals surface area (Å²) in [6.45, 7) is 2.97. The third-order valence-corrected chi connectivity index (χ3v) is 9.22. The zero-order valence-electron chi connectivity index (χ0n) is 19.6. The minimum atomic E-state index is -3.70. The number of piperidine rings is 1. The molecule has 2 aliphatic heterocycles. The van der Waals surface area contributed by atoms with E-state index in [1.165, 1.54) is 22.9 Å². The zero-order chi connectivity index (χ0) is 24.1. The molecular weight excluding hydrogens is 459 g/mol. The average Bonchev–Trinajstić information content (AvgIpc) is 2.86. The lowest BCUT2D eigenvalue weighted by Gasteiger charge is -2.37. The Morgan fingerprint density at radius 2 is 1.50 bits per heavy atom.